The second-order valence-corrected chi connectivity index (χ2v) is 6.95. The van der Waals surface area contributed by atoms with Crippen LogP contribution in [-0.2, 0) is 6.54 Å². The molecule has 2 aromatic carbocycles. The number of nitrogens with one attached hydrogen (secondary N) is 1. The lowest BCUT2D eigenvalue weighted by molar-refractivity contribution is 0.102. The number of anilines is 1. The fourth-order valence-electron chi connectivity index (χ4n) is 3.21. The Hall–Kier alpha value is -3.41. The van der Waals surface area contributed by atoms with Crippen molar-refractivity contribution in [3.05, 3.63) is 72.9 Å². The minimum atomic E-state index is -0.109. The highest BCUT2D eigenvalue weighted by atomic mass is 16.1. The van der Waals surface area contributed by atoms with E-state index in [-0.39, 0.29) is 5.91 Å². The zero-order chi connectivity index (χ0) is 18.8. The van der Waals surface area contributed by atoms with Gasteiger partial charge in [0.15, 0.2) is 0 Å². The van der Waals surface area contributed by atoms with Crippen LogP contribution in [0.25, 0.3) is 16.6 Å². The Balaban J connectivity index is 1.60. The van der Waals surface area contributed by atoms with Crippen LogP contribution < -0.4 is 5.32 Å². The van der Waals surface area contributed by atoms with Crippen LogP contribution in [0.5, 0.6) is 0 Å². The van der Waals surface area contributed by atoms with Gasteiger partial charge in [-0.3, -0.25) is 4.79 Å². The number of benzene rings is 2. The topological polar surface area (TPSA) is 64.7 Å². The zero-order valence-electron chi connectivity index (χ0n) is 15.3. The standard InChI is InChI=1S/C21H21N5O/c1-15(2)11-25-12-19(18-5-3-4-6-20(18)25)21(27)24-16-7-9-17(10-8-16)26-14-22-13-23-26/h3-10,12-15H,11H2,1-2H3,(H,24,27). The number of aromatic nitrogens is 4. The number of hydrogen-bond acceptors (Lipinski definition) is 3. The van der Waals surface area contributed by atoms with Crippen molar-refractivity contribution < 1.29 is 4.79 Å². The Kier molecular flexibility index (Phi) is 4.46. The van der Waals surface area contributed by atoms with E-state index in [0.29, 0.717) is 11.5 Å². The summed E-state index contributed by atoms with van der Waals surface area (Å²) >= 11 is 0. The van der Waals surface area contributed by atoms with Crippen molar-refractivity contribution in [3.63, 3.8) is 0 Å². The summed E-state index contributed by atoms with van der Waals surface area (Å²) in [6.07, 6.45) is 5.07. The maximum atomic E-state index is 12.9. The number of carbonyl (C=O) groups is 1. The van der Waals surface area contributed by atoms with Gasteiger partial charge in [-0.1, -0.05) is 32.0 Å². The van der Waals surface area contributed by atoms with E-state index in [0.717, 1.165) is 28.8 Å². The molecule has 4 aromatic rings. The highest BCUT2D eigenvalue weighted by molar-refractivity contribution is 6.13. The highest BCUT2D eigenvalue weighted by Crippen LogP contribution is 2.24. The summed E-state index contributed by atoms with van der Waals surface area (Å²) in [7, 11) is 0. The third-order valence-electron chi connectivity index (χ3n) is 4.40. The third-order valence-corrected chi connectivity index (χ3v) is 4.40. The van der Waals surface area contributed by atoms with Crippen molar-refractivity contribution in [1.29, 1.82) is 0 Å². The summed E-state index contributed by atoms with van der Waals surface area (Å²) in [6.45, 7) is 5.22. The van der Waals surface area contributed by atoms with Gasteiger partial charge in [0.25, 0.3) is 5.91 Å². The molecule has 4 rings (SSSR count). The Morgan fingerprint density at radius 3 is 2.59 bits per heavy atom. The second kappa shape index (κ2) is 7.07. The third kappa shape index (κ3) is 3.46. The summed E-state index contributed by atoms with van der Waals surface area (Å²) in [4.78, 5) is 16.8. The first kappa shape index (κ1) is 17.0. The lowest BCUT2D eigenvalue weighted by Crippen LogP contribution is -2.11. The molecule has 0 bridgehead atoms. The largest absolute Gasteiger partial charge is 0.346 e. The van der Waals surface area contributed by atoms with Crippen LogP contribution >= 0.6 is 0 Å². The molecule has 0 unspecified atom stereocenters. The summed E-state index contributed by atoms with van der Waals surface area (Å²) < 4.78 is 3.83. The van der Waals surface area contributed by atoms with Crippen LogP contribution in [0, 0.1) is 5.92 Å². The van der Waals surface area contributed by atoms with Gasteiger partial charge in [-0.25, -0.2) is 9.67 Å². The molecule has 0 fully saturated rings. The molecular formula is C21H21N5O. The van der Waals surface area contributed by atoms with E-state index in [1.54, 1.807) is 11.0 Å². The van der Waals surface area contributed by atoms with Gasteiger partial charge in [0, 0.05) is 29.3 Å². The van der Waals surface area contributed by atoms with Gasteiger partial charge in [0.2, 0.25) is 0 Å². The Bertz CT molecular complexity index is 1060. The van der Waals surface area contributed by atoms with E-state index >= 15 is 0 Å². The van der Waals surface area contributed by atoms with Gasteiger partial charge < -0.3 is 9.88 Å². The van der Waals surface area contributed by atoms with Gasteiger partial charge in [-0.15, -0.1) is 0 Å². The number of amides is 1. The molecule has 0 aliphatic carbocycles. The van der Waals surface area contributed by atoms with Crippen molar-refractivity contribution in [2.24, 2.45) is 5.92 Å². The van der Waals surface area contributed by atoms with Gasteiger partial charge in [0.05, 0.1) is 11.3 Å². The second-order valence-electron chi connectivity index (χ2n) is 6.95. The minimum Gasteiger partial charge on any atom is -0.346 e. The average molecular weight is 359 g/mol. The van der Waals surface area contributed by atoms with Gasteiger partial charge >= 0.3 is 0 Å². The van der Waals surface area contributed by atoms with Gasteiger partial charge in [-0.05, 0) is 36.2 Å². The molecule has 136 valence electrons. The lowest BCUT2D eigenvalue weighted by Gasteiger charge is -2.07. The van der Waals surface area contributed by atoms with E-state index in [4.69, 9.17) is 0 Å². The fraction of sp³-hybridized carbons (Fsp3) is 0.190. The first-order valence-corrected chi connectivity index (χ1v) is 8.96. The van der Waals surface area contributed by atoms with Crippen LogP contribution in [0.2, 0.25) is 0 Å². The monoisotopic (exact) mass is 359 g/mol. The SMILES string of the molecule is CC(C)Cn1cc(C(=O)Nc2ccc(-n3cncn3)cc2)c2ccccc21. The number of hydrogen-bond donors (Lipinski definition) is 1. The molecule has 0 saturated carbocycles. The van der Waals surface area contributed by atoms with Crippen molar-refractivity contribution in [3.8, 4) is 5.69 Å². The summed E-state index contributed by atoms with van der Waals surface area (Å²) in [5.74, 6) is 0.392. The van der Waals surface area contributed by atoms with Crippen molar-refractivity contribution in [1.82, 2.24) is 19.3 Å². The quantitative estimate of drug-likeness (QED) is 0.583. The number of carbonyl (C=O) groups excluding carboxylic acids is 1. The number of fused-ring (bicyclic) bond motifs is 1. The molecule has 1 amide bonds. The molecule has 0 aliphatic heterocycles. The van der Waals surface area contributed by atoms with Crippen LogP contribution in [0.3, 0.4) is 0 Å². The summed E-state index contributed by atoms with van der Waals surface area (Å²) in [5.41, 5.74) is 3.40. The molecule has 0 aliphatic rings. The van der Waals surface area contributed by atoms with Crippen LogP contribution in [0.1, 0.15) is 24.2 Å². The molecule has 27 heavy (non-hydrogen) atoms. The molecule has 0 atom stereocenters. The number of para-hydroxylation sites is 1. The minimum absolute atomic E-state index is 0.109. The zero-order valence-corrected chi connectivity index (χ0v) is 15.3. The van der Waals surface area contributed by atoms with Crippen LogP contribution in [0.4, 0.5) is 5.69 Å². The predicted molar refractivity (Wildman–Crippen MR) is 106 cm³/mol. The van der Waals surface area contributed by atoms with Gasteiger partial charge in [0.1, 0.15) is 12.7 Å². The molecule has 0 radical (unpaired) electrons. The maximum Gasteiger partial charge on any atom is 0.257 e. The highest BCUT2D eigenvalue weighted by Gasteiger charge is 2.15. The normalized spacial score (nSPS) is 11.2. The fourth-order valence-corrected chi connectivity index (χ4v) is 3.21. The van der Waals surface area contributed by atoms with Gasteiger partial charge in [-0.2, -0.15) is 5.10 Å². The van der Waals surface area contributed by atoms with Crippen molar-refractivity contribution in [2.45, 2.75) is 20.4 Å². The molecule has 6 heteroatoms. The first-order valence-electron chi connectivity index (χ1n) is 8.96. The molecule has 6 nitrogen and oxygen atoms in total. The lowest BCUT2D eigenvalue weighted by atomic mass is 10.1. The summed E-state index contributed by atoms with van der Waals surface area (Å²) in [6, 6.07) is 15.5. The van der Waals surface area contributed by atoms with Crippen LogP contribution in [-0.4, -0.2) is 25.2 Å². The van der Waals surface area contributed by atoms with Crippen molar-refractivity contribution in [2.75, 3.05) is 5.32 Å². The smallest absolute Gasteiger partial charge is 0.257 e. The maximum absolute atomic E-state index is 12.9. The van der Waals surface area contributed by atoms with E-state index in [1.165, 1.54) is 6.33 Å². The first-order chi connectivity index (χ1) is 13.1. The number of rotatable bonds is 5. The summed E-state index contributed by atoms with van der Waals surface area (Å²) in [5, 5.41) is 8.06. The number of nitrogens with zero attached hydrogens (tertiary/aromatic N) is 4. The van der Waals surface area contributed by atoms with Crippen LogP contribution in [0.15, 0.2) is 67.4 Å². The Morgan fingerprint density at radius 1 is 1.11 bits per heavy atom. The molecule has 1 N–H and O–H groups in total. The van der Waals surface area contributed by atoms with E-state index in [2.05, 4.69) is 39.9 Å². The molecule has 2 aromatic heterocycles. The van der Waals surface area contributed by atoms with Crippen molar-refractivity contribution >= 4 is 22.5 Å². The molecule has 0 spiro atoms. The molecule has 0 saturated heterocycles. The Labute approximate surface area is 157 Å². The molecular weight excluding hydrogens is 338 g/mol. The molecule has 2 heterocycles. The van der Waals surface area contributed by atoms with E-state index in [1.807, 2.05) is 48.7 Å². The van der Waals surface area contributed by atoms with E-state index < -0.39 is 0 Å². The Morgan fingerprint density at radius 2 is 1.89 bits per heavy atom. The predicted octanol–water partition coefficient (Wildman–Crippen LogP) is 4.13. The van der Waals surface area contributed by atoms with E-state index in [9.17, 15) is 4.79 Å². The average Bonchev–Trinajstić information content (AvgIpc) is 3.31.